The summed E-state index contributed by atoms with van der Waals surface area (Å²) in [6, 6.07) is 0. The molecule has 0 bridgehead atoms. The van der Waals surface area contributed by atoms with Crippen LogP contribution in [-0.4, -0.2) is 34.1 Å². The molecule has 5 heteroatoms. The average Bonchev–Trinajstić information content (AvgIpc) is 2.98. The minimum atomic E-state index is -1.94. The standard InChI is InChI=1S/C14H26O4Si/c1-13(2,3)19(6,7)18-14(8-9-16-4)10-11(14)12(15)17-5/h8-9,11H,10H2,1-7H3/b9-8+/t11-,14-/m0/s1. The lowest BCUT2D eigenvalue weighted by Crippen LogP contribution is -2.45. The average molecular weight is 286 g/mol. The lowest BCUT2D eigenvalue weighted by Gasteiger charge is -2.39. The fourth-order valence-corrected chi connectivity index (χ4v) is 3.38. The van der Waals surface area contributed by atoms with Crippen LogP contribution in [0.5, 0.6) is 0 Å². The van der Waals surface area contributed by atoms with Crippen LogP contribution in [0.15, 0.2) is 12.3 Å². The van der Waals surface area contributed by atoms with Crippen LogP contribution in [0.2, 0.25) is 18.1 Å². The summed E-state index contributed by atoms with van der Waals surface area (Å²) >= 11 is 0. The van der Waals surface area contributed by atoms with E-state index in [4.69, 9.17) is 13.9 Å². The Kier molecular flexibility index (Phi) is 4.52. The van der Waals surface area contributed by atoms with E-state index in [2.05, 4.69) is 33.9 Å². The molecule has 19 heavy (non-hydrogen) atoms. The largest absolute Gasteiger partial charge is 0.505 e. The van der Waals surface area contributed by atoms with E-state index in [1.807, 2.05) is 6.08 Å². The van der Waals surface area contributed by atoms with E-state index in [1.165, 1.54) is 7.11 Å². The van der Waals surface area contributed by atoms with Gasteiger partial charge in [-0.2, -0.15) is 0 Å². The Morgan fingerprint density at radius 2 is 1.89 bits per heavy atom. The second kappa shape index (κ2) is 5.29. The Bertz CT molecular complexity index is 370. The van der Waals surface area contributed by atoms with E-state index >= 15 is 0 Å². The van der Waals surface area contributed by atoms with Gasteiger partial charge in [0.1, 0.15) is 0 Å². The molecule has 0 radical (unpaired) electrons. The molecule has 0 aromatic heterocycles. The van der Waals surface area contributed by atoms with Crippen molar-refractivity contribution in [2.24, 2.45) is 5.92 Å². The third-order valence-electron chi connectivity index (χ3n) is 4.18. The molecule has 0 unspecified atom stereocenters. The first-order chi connectivity index (χ1) is 8.59. The van der Waals surface area contributed by atoms with Gasteiger partial charge in [-0.3, -0.25) is 4.79 Å². The molecule has 2 atom stereocenters. The maximum Gasteiger partial charge on any atom is 0.312 e. The first kappa shape index (κ1) is 16.2. The molecule has 1 saturated carbocycles. The van der Waals surface area contributed by atoms with E-state index in [0.29, 0.717) is 6.42 Å². The Hall–Kier alpha value is -0.813. The van der Waals surface area contributed by atoms with E-state index in [0.717, 1.165) is 0 Å². The summed E-state index contributed by atoms with van der Waals surface area (Å²) in [7, 11) is 1.06. The van der Waals surface area contributed by atoms with Crippen LogP contribution in [0.4, 0.5) is 0 Å². The Labute approximate surface area is 117 Å². The number of methoxy groups -OCH3 is 2. The van der Waals surface area contributed by atoms with Crippen LogP contribution in [0.25, 0.3) is 0 Å². The zero-order valence-corrected chi connectivity index (χ0v) is 14.1. The van der Waals surface area contributed by atoms with Gasteiger partial charge in [0.25, 0.3) is 0 Å². The highest BCUT2D eigenvalue weighted by Crippen LogP contribution is 2.53. The Morgan fingerprint density at radius 3 is 2.32 bits per heavy atom. The first-order valence-corrected chi connectivity index (χ1v) is 9.49. The number of hydrogen-bond donors (Lipinski definition) is 0. The molecule has 0 saturated heterocycles. The molecule has 0 spiro atoms. The molecule has 0 aromatic carbocycles. The van der Waals surface area contributed by atoms with Crippen molar-refractivity contribution >= 4 is 14.3 Å². The smallest absolute Gasteiger partial charge is 0.312 e. The molecular formula is C14H26O4Si. The number of carbonyl (C=O) groups is 1. The van der Waals surface area contributed by atoms with Crippen molar-refractivity contribution in [3.63, 3.8) is 0 Å². The monoisotopic (exact) mass is 286 g/mol. The highest BCUT2D eigenvalue weighted by atomic mass is 28.4. The van der Waals surface area contributed by atoms with E-state index in [-0.39, 0.29) is 16.9 Å². The molecule has 0 aliphatic heterocycles. The van der Waals surface area contributed by atoms with Crippen LogP contribution < -0.4 is 0 Å². The topological polar surface area (TPSA) is 44.8 Å². The molecule has 1 aliphatic carbocycles. The number of esters is 1. The first-order valence-electron chi connectivity index (χ1n) is 6.58. The highest BCUT2D eigenvalue weighted by Gasteiger charge is 2.62. The SMILES string of the molecule is CO/C=C/[C@]1(O[Si](C)(C)C(C)(C)C)C[C@H]1C(=O)OC. The molecule has 1 rings (SSSR count). The maximum atomic E-state index is 11.7. The molecule has 1 aliphatic rings. The lowest BCUT2D eigenvalue weighted by molar-refractivity contribution is -0.143. The van der Waals surface area contributed by atoms with E-state index < -0.39 is 13.9 Å². The van der Waals surface area contributed by atoms with Crippen LogP contribution in [0.3, 0.4) is 0 Å². The predicted molar refractivity (Wildman–Crippen MR) is 77.3 cm³/mol. The Balaban J connectivity index is 2.91. The summed E-state index contributed by atoms with van der Waals surface area (Å²) < 4.78 is 16.2. The molecule has 0 amide bonds. The Morgan fingerprint density at radius 1 is 1.32 bits per heavy atom. The number of ether oxygens (including phenoxy) is 2. The molecule has 0 aromatic rings. The highest BCUT2D eigenvalue weighted by molar-refractivity contribution is 6.74. The van der Waals surface area contributed by atoms with Gasteiger partial charge in [-0.05, 0) is 30.6 Å². The molecule has 110 valence electrons. The minimum Gasteiger partial charge on any atom is -0.505 e. The van der Waals surface area contributed by atoms with Gasteiger partial charge in [0.2, 0.25) is 0 Å². The summed E-state index contributed by atoms with van der Waals surface area (Å²) in [5, 5.41) is 0.101. The van der Waals surface area contributed by atoms with Gasteiger partial charge in [-0.25, -0.2) is 0 Å². The van der Waals surface area contributed by atoms with Crippen molar-refractivity contribution < 1.29 is 18.7 Å². The fraction of sp³-hybridized carbons (Fsp3) is 0.786. The summed E-state index contributed by atoms with van der Waals surface area (Å²) in [4.78, 5) is 11.7. The van der Waals surface area contributed by atoms with Crippen molar-refractivity contribution in [3.05, 3.63) is 12.3 Å². The number of carbonyl (C=O) groups excluding carboxylic acids is 1. The van der Waals surface area contributed by atoms with Crippen molar-refractivity contribution in [2.75, 3.05) is 14.2 Å². The maximum absolute atomic E-state index is 11.7. The van der Waals surface area contributed by atoms with Crippen molar-refractivity contribution in [3.8, 4) is 0 Å². The third kappa shape index (κ3) is 3.39. The van der Waals surface area contributed by atoms with Crippen LogP contribution in [0, 0.1) is 5.92 Å². The van der Waals surface area contributed by atoms with E-state index in [9.17, 15) is 4.79 Å². The second-order valence-electron chi connectivity index (χ2n) is 6.64. The summed E-state index contributed by atoms with van der Waals surface area (Å²) in [5.74, 6) is -0.419. The fourth-order valence-electron chi connectivity index (χ4n) is 1.83. The second-order valence-corrected chi connectivity index (χ2v) is 11.4. The number of hydrogen-bond acceptors (Lipinski definition) is 4. The van der Waals surface area contributed by atoms with Crippen LogP contribution in [0.1, 0.15) is 27.2 Å². The van der Waals surface area contributed by atoms with Gasteiger partial charge in [-0.1, -0.05) is 20.8 Å². The molecule has 0 N–H and O–H groups in total. The zero-order chi connectivity index (χ0) is 14.9. The summed E-state index contributed by atoms with van der Waals surface area (Å²) in [6.07, 6.45) is 4.12. The van der Waals surface area contributed by atoms with E-state index in [1.54, 1.807) is 13.4 Å². The zero-order valence-electron chi connectivity index (χ0n) is 13.1. The van der Waals surface area contributed by atoms with Gasteiger partial charge < -0.3 is 13.9 Å². The van der Waals surface area contributed by atoms with Crippen molar-refractivity contribution in [1.29, 1.82) is 0 Å². The molecule has 0 heterocycles. The van der Waals surface area contributed by atoms with Crippen molar-refractivity contribution in [2.45, 2.75) is 50.9 Å². The van der Waals surface area contributed by atoms with Gasteiger partial charge in [-0.15, -0.1) is 0 Å². The van der Waals surface area contributed by atoms with Crippen LogP contribution in [-0.2, 0) is 18.7 Å². The van der Waals surface area contributed by atoms with Gasteiger partial charge in [0, 0.05) is 0 Å². The number of rotatable bonds is 5. The van der Waals surface area contributed by atoms with Gasteiger partial charge in [0.15, 0.2) is 8.32 Å². The molecular weight excluding hydrogens is 260 g/mol. The van der Waals surface area contributed by atoms with Crippen LogP contribution >= 0.6 is 0 Å². The van der Waals surface area contributed by atoms with Crippen molar-refractivity contribution in [1.82, 2.24) is 0 Å². The minimum absolute atomic E-state index is 0.101. The quantitative estimate of drug-likeness (QED) is 0.442. The normalized spacial score (nSPS) is 27.4. The summed E-state index contributed by atoms with van der Waals surface area (Å²) in [5.41, 5.74) is -0.536. The van der Waals surface area contributed by atoms with Gasteiger partial charge >= 0.3 is 5.97 Å². The molecule has 4 nitrogen and oxygen atoms in total. The molecule has 1 fully saturated rings. The predicted octanol–water partition coefficient (Wildman–Crippen LogP) is 3.10. The third-order valence-corrected chi connectivity index (χ3v) is 8.68. The summed E-state index contributed by atoms with van der Waals surface area (Å²) in [6.45, 7) is 10.9. The lowest BCUT2D eigenvalue weighted by atomic mass is 10.2. The van der Waals surface area contributed by atoms with Gasteiger partial charge in [0.05, 0.1) is 32.0 Å².